The lowest BCUT2D eigenvalue weighted by atomic mass is 9.96. The largest absolute Gasteiger partial charge is 0.360 e. The van der Waals surface area contributed by atoms with Gasteiger partial charge in [0, 0.05) is 33.8 Å². The molecule has 1 aromatic heterocycles. The van der Waals surface area contributed by atoms with E-state index < -0.39 is 0 Å². The van der Waals surface area contributed by atoms with Gasteiger partial charge in [0.25, 0.3) is 0 Å². The Bertz CT molecular complexity index is 1010. The van der Waals surface area contributed by atoms with Crippen molar-refractivity contribution < 1.29 is 10.1 Å². The number of hydrogen-bond donors (Lipinski definition) is 2. The zero-order chi connectivity index (χ0) is 17.8. The Kier molecular flexibility index (Phi) is 4.63. The van der Waals surface area contributed by atoms with Gasteiger partial charge in [0.1, 0.15) is 6.54 Å². The number of quaternary nitrogens is 1. The van der Waals surface area contributed by atoms with E-state index in [-0.39, 0.29) is 11.8 Å². The summed E-state index contributed by atoms with van der Waals surface area (Å²) < 4.78 is 0. The van der Waals surface area contributed by atoms with Crippen LogP contribution in [0.15, 0.2) is 91.1 Å². The number of aromatic nitrogens is 1. The van der Waals surface area contributed by atoms with Crippen molar-refractivity contribution in [2.75, 3.05) is 0 Å². The molecule has 0 fully saturated rings. The first kappa shape index (κ1) is 16.3. The van der Waals surface area contributed by atoms with Crippen molar-refractivity contribution >= 4 is 16.7 Å². The Labute approximate surface area is 152 Å². The molecular weight excluding hydrogens is 320 g/mol. The van der Waals surface area contributed by atoms with Crippen molar-refractivity contribution in [2.45, 2.75) is 12.6 Å². The van der Waals surface area contributed by atoms with Gasteiger partial charge in [0.15, 0.2) is 6.04 Å². The topological polar surface area (TPSA) is 49.5 Å². The molecule has 3 heteroatoms. The fourth-order valence-electron chi connectivity index (χ4n) is 3.37. The van der Waals surface area contributed by atoms with Crippen molar-refractivity contribution in [1.29, 1.82) is 0 Å². The summed E-state index contributed by atoms with van der Waals surface area (Å²) in [5, 5.41) is 3.10. The van der Waals surface area contributed by atoms with Gasteiger partial charge in [0.2, 0.25) is 5.78 Å². The number of rotatable bonds is 6. The molecule has 0 amide bonds. The second kappa shape index (κ2) is 7.38. The average Bonchev–Trinajstić information content (AvgIpc) is 3.14. The number of ketones is 1. The van der Waals surface area contributed by atoms with E-state index in [9.17, 15) is 4.79 Å². The third kappa shape index (κ3) is 3.30. The lowest BCUT2D eigenvalue weighted by Crippen LogP contribution is -2.85. The van der Waals surface area contributed by atoms with Crippen molar-refractivity contribution in [3.8, 4) is 0 Å². The number of carbonyl (C=O) groups is 1. The normalized spacial score (nSPS) is 12.2. The van der Waals surface area contributed by atoms with E-state index in [1.807, 2.05) is 79.0 Å². The van der Waals surface area contributed by atoms with Crippen molar-refractivity contribution in [1.82, 2.24) is 4.98 Å². The maximum atomic E-state index is 13.4. The van der Waals surface area contributed by atoms with E-state index in [0.717, 1.165) is 28.6 Å². The molecule has 0 aliphatic heterocycles. The summed E-state index contributed by atoms with van der Waals surface area (Å²) in [6.07, 6.45) is 1.83. The maximum Gasteiger partial charge on any atom is 0.226 e. The van der Waals surface area contributed by atoms with Crippen LogP contribution in [0.4, 0.5) is 0 Å². The van der Waals surface area contributed by atoms with Crippen molar-refractivity contribution in [3.05, 3.63) is 108 Å². The van der Waals surface area contributed by atoms with Crippen LogP contribution in [-0.4, -0.2) is 10.8 Å². The van der Waals surface area contributed by atoms with E-state index in [1.54, 1.807) is 0 Å². The van der Waals surface area contributed by atoms with Gasteiger partial charge in [-0.05, 0) is 6.07 Å². The molecule has 4 aromatic rings. The van der Waals surface area contributed by atoms with Gasteiger partial charge < -0.3 is 10.3 Å². The molecule has 1 atom stereocenters. The first-order valence-corrected chi connectivity index (χ1v) is 8.85. The molecule has 3 aromatic carbocycles. The minimum Gasteiger partial charge on any atom is -0.360 e. The monoisotopic (exact) mass is 341 g/mol. The highest BCUT2D eigenvalue weighted by Crippen LogP contribution is 2.23. The van der Waals surface area contributed by atoms with Crippen LogP contribution in [0.1, 0.15) is 27.5 Å². The minimum absolute atomic E-state index is 0.129. The number of para-hydroxylation sites is 1. The molecule has 0 radical (unpaired) electrons. The standard InChI is InChI=1S/C23H20N2O/c26-23(20-16-24-21-14-8-7-13-19(20)21)22(18-11-5-2-6-12-18)25-15-17-9-3-1-4-10-17/h1-14,16,22,24-25H,15H2/p+1/t22-/m1/s1. The number of benzene rings is 3. The van der Waals surface area contributed by atoms with Crippen LogP contribution in [0.2, 0.25) is 0 Å². The van der Waals surface area contributed by atoms with Gasteiger partial charge in [-0.15, -0.1) is 0 Å². The average molecular weight is 341 g/mol. The fourth-order valence-corrected chi connectivity index (χ4v) is 3.37. The molecule has 0 unspecified atom stereocenters. The Hall–Kier alpha value is -3.17. The zero-order valence-electron chi connectivity index (χ0n) is 14.4. The highest BCUT2D eigenvalue weighted by Gasteiger charge is 2.27. The van der Waals surface area contributed by atoms with Crippen LogP contribution >= 0.6 is 0 Å². The molecule has 0 aliphatic rings. The number of fused-ring (bicyclic) bond motifs is 1. The Morgan fingerprint density at radius 1 is 0.846 bits per heavy atom. The van der Waals surface area contributed by atoms with Crippen LogP contribution in [-0.2, 0) is 6.54 Å². The smallest absolute Gasteiger partial charge is 0.226 e. The lowest BCUT2D eigenvalue weighted by Gasteiger charge is -2.15. The van der Waals surface area contributed by atoms with E-state index in [2.05, 4.69) is 22.4 Å². The summed E-state index contributed by atoms with van der Waals surface area (Å²) in [5.74, 6) is 0.129. The van der Waals surface area contributed by atoms with E-state index in [0.29, 0.717) is 0 Å². The predicted octanol–water partition coefficient (Wildman–Crippen LogP) is 3.86. The first-order chi connectivity index (χ1) is 12.8. The maximum absolute atomic E-state index is 13.4. The lowest BCUT2D eigenvalue weighted by molar-refractivity contribution is -0.696. The molecule has 0 bridgehead atoms. The predicted molar refractivity (Wildman–Crippen MR) is 104 cm³/mol. The molecule has 26 heavy (non-hydrogen) atoms. The summed E-state index contributed by atoms with van der Waals surface area (Å²) in [5.41, 5.74) is 3.98. The van der Waals surface area contributed by atoms with Gasteiger partial charge in [-0.1, -0.05) is 78.9 Å². The van der Waals surface area contributed by atoms with Gasteiger partial charge in [-0.3, -0.25) is 4.79 Å². The van der Waals surface area contributed by atoms with Crippen LogP contribution in [0, 0.1) is 0 Å². The molecule has 3 nitrogen and oxygen atoms in total. The molecule has 0 spiro atoms. The Balaban J connectivity index is 1.67. The minimum atomic E-state index is -0.268. The van der Waals surface area contributed by atoms with E-state index in [1.165, 1.54) is 5.56 Å². The molecule has 0 saturated carbocycles. The summed E-state index contributed by atoms with van der Waals surface area (Å²) in [4.78, 5) is 16.6. The molecule has 1 heterocycles. The van der Waals surface area contributed by atoms with Crippen molar-refractivity contribution in [2.24, 2.45) is 0 Å². The second-order valence-electron chi connectivity index (χ2n) is 6.43. The van der Waals surface area contributed by atoms with Gasteiger partial charge in [-0.2, -0.15) is 0 Å². The number of nitrogens with two attached hydrogens (primary N) is 1. The number of hydrogen-bond acceptors (Lipinski definition) is 1. The van der Waals surface area contributed by atoms with Crippen molar-refractivity contribution in [3.63, 3.8) is 0 Å². The van der Waals surface area contributed by atoms with Gasteiger partial charge in [-0.25, -0.2) is 0 Å². The summed E-state index contributed by atoms with van der Waals surface area (Å²) in [6.45, 7) is 0.758. The zero-order valence-corrected chi connectivity index (χ0v) is 14.4. The van der Waals surface area contributed by atoms with Crippen LogP contribution < -0.4 is 5.32 Å². The number of H-pyrrole nitrogens is 1. The van der Waals surface area contributed by atoms with Crippen LogP contribution in [0.25, 0.3) is 10.9 Å². The summed E-state index contributed by atoms with van der Waals surface area (Å²) >= 11 is 0. The van der Waals surface area contributed by atoms with E-state index in [4.69, 9.17) is 0 Å². The molecule has 0 saturated heterocycles. The van der Waals surface area contributed by atoms with Gasteiger partial charge in [0.05, 0.1) is 0 Å². The highest BCUT2D eigenvalue weighted by atomic mass is 16.1. The SMILES string of the molecule is O=C(c1c[nH]c2ccccc12)[C@H]([NH2+]Cc1ccccc1)c1ccccc1. The number of carbonyl (C=O) groups excluding carboxylic acids is 1. The number of nitrogens with one attached hydrogen (secondary N) is 1. The third-order valence-electron chi connectivity index (χ3n) is 4.73. The van der Waals surface area contributed by atoms with Crippen LogP contribution in [0.3, 0.4) is 0 Å². The first-order valence-electron chi connectivity index (χ1n) is 8.85. The number of Topliss-reactive ketones (excluding diaryl/α,β-unsaturated/α-hetero) is 1. The number of aromatic amines is 1. The molecule has 0 aliphatic carbocycles. The Morgan fingerprint density at radius 2 is 1.50 bits per heavy atom. The fraction of sp³-hybridized carbons (Fsp3) is 0.0870. The quantitative estimate of drug-likeness (QED) is 0.514. The van der Waals surface area contributed by atoms with Crippen LogP contribution in [0.5, 0.6) is 0 Å². The highest BCUT2D eigenvalue weighted by molar-refractivity contribution is 6.09. The molecule has 128 valence electrons. The molecule has 4 rings (SSSR count). The van der Waals surface area contributed by atoms with E-state index >= 15 is 0 Å². The second-order valence-corrected chi connectivity index (χ2v) is 6.43. The van der Waals surface area contributed by atoms with Gasteiger partial charge >= 0.3 is 0 Å². The third-order valence-corrected chi connectivity index (χ3v) is 4.73. The molecule has 3 N–H and O–H groups in total. The summed E-state index contributed by atoms with van der Waals surface area (Å²) in [7, 11) is 0. The Morgan fingerprint density at radius 3 is 2.27 bits per heavy atom. The summed E-state index contributed by atoms with van der Waals surface area (Å²) in [6, 6.07) is 27.9. The molecular formula is C23H21N2O+.